The number of thioether (sulfide) groups is 1. The van der Waals surface area contributed by atoms with E-state index >= 15 is 0 Å². The van der Waals surface area contributed by atoms with Gasteiger partial charge in [0.2, 0.25) is 17.6 Å². The lowest BCUT2D eigenvalue weighted by molar-refractivity contribution is -0.126. The van der Waals surface area contributed by atoms with Crippen LogP contribution >= 0.6 is 35.0 Å². The summed E-state index contributed by atoms with van der Waals surface area (Å²) in [5.74, 6) is 2.95. The van der Waals surface area contributed by atoms with Gasteiger partial charge in [-0.1, -0.05) is 58.2 Å². The Morgan fingerprint density at radius 3 is 2.94 bits per heavy atom. The van der Waals surface area contributed by atoms with Crippen LogP contribution in [0.5, 0.6) is 0 Å². The smallest absolute Gasteiger partial charge is 0.241 e. The summed E-state index contributed by atoms with van der Waals surface area (Å²) in [7, 11) is 0. The van der Waals surface area contributed by atoms with Crippen molar-refractivity contribution in [3.63, 3.8) is 0 Å². The number of hydrogen-bond acceptors (Lipinski definition) is 6. The molecule has 0 radical (unpaired) electrons. The molecule has 9 heteroatoms. The van der Waals surface area contributed by atoms with Gasteiger partial charge in [-0.05, 0) is 50.1 Å². The molecular weight excluding hydrogens is 491 g/mol. The van der Waals surface area contributed by atoms with Crippen molar-refractivity contribution >= 4 is 40.9 Å². The van der Waals surface area contributed by atoms with Crippen molar-refractivity contribution in [1.29, 1.82) is 0 Å². The number of benzene rings is 2. The Morgan fingerprint density at radius 2 is 2.12 bits per heavy atom. The summed E-state index contributed by atoms with van der Waals surface area (Å²) < 4.78 is 5.48. The molecule has 34 heavy (non-hydrogen) atoms. The summed E-state index contributed by atoms with van der Waals surface area (Å²) >= 11 is 13.8. The van der Waals surface area contributed by atoms with Gasteiger partial charge in [-0.25, -0.2) is 0 Å². The predicted octanol–water partition coefficient (Wildman–Crippen LogP) is 5.61. The number of hydrogen-bond donors (Lipinski definition) is 1. The molecule has 1 N–H and O–H groups in total. The van der Waals surface area contributed by atoms with Crippen LogP contribution in [0.2, 0.25) is 10.0 Å². The molecule has 3 aromatic rings. The van der Waals surface area contributed by atoms with Gasteiger partial charge in [-0.15, -0.1) is 0 Å². The van der Waals surface area contributed by atoms with Gasteiger partial charge in [0.1, 0.15) is 0 Å². The first kappa shape index (κ1) is 25.0. The molecule has 2 aromatic carbocycles. The zero-order chi connectivity index (χ0) is 23.9. The fraction of sp³-hybridized carbons (Fsp3) is 0.400. The van der Waals surface area contributed by atoms with Crippen LogP contribution in [0.3, 0.4) is 0 Å². The lowest BCUT2D eigenvalue weighted by Gasteiger charge is -2.30. The number of carbonyl (C=O) groups excluding carboxylic acids is 1. The van der Waals surface area contributed by atoms with Crippen molar-refractivity contribution in [1.82, 2.24) is 20.4 Å². The highest BCUT2D eigenvalue weighted by Gasteiger charge is 2.26. The number of nitrogens with zero attached hydrogens (tertiary/aromatic N) is 3. The molecule has 180 valence electrons. The first-order chi connectivity index (χ1) is 16.5. The fourth-order valence-corrected chi connectivity index (χ4v) is 5.16. The van der Waals surface area contributed by atoms with E-state index in [-0.39, 0.29) is 11.8 Å². The molecule has 1 unspecified atom stereocenters. The molecule has 1 fully saturated rings. The Morgan fingerprint density at radius 1 is 1.24 bits per heavy atom. The third kappa shape index (κ3) is 6.98. The Kier molecular flexibility index (Phi) is 8.89. The highest BCUT2D eigenvalue weighted by atomic mass is 35.5. The van der Waals surface area contributed by atoms with E-state index in [1.54, 1.807) is 11.8 Å². The van der Waals surface area contributed by atoms with Crippen LogP contribution in [0.4, 0.5) is 0 Å². The first-order valence-electron chi connectivity index (χ1n) is 11.4. The lowest BCUT2D eigenvalue weighted by atomic mass is 9.97. The average Bonchev–Trinajstić information content (AvgIpc) is 3.29. The second-order valence-corrected chi connectivity index (χ2v) is 10.5. The van der Waals surface area contributed by atoms with Crippen LogP contribution in [0.1, 0.15) is 29.9 Å². The van der Waals surface area contributed by atoms with E-state index in [1.165, 1.54) is 0 Å². The van der Waals surface area contributed by atoms with Crippen molar-refractivity contribution in [2.24, 2.45) is 5.92 Å². The lowest BCUT2D eigenvalue weighted by Crippen LogP contribution is -2.43. The maximum Gasteiger partial charge on any atom is 0.241 e. The Hall–Kier alpha value is -2.06. The molecule has 1 aliphatic heterocycles. The van der Waals surface area contributed by atoms with Crippen molar-refractivity contribution in [3.05, 3.63) is 69.5 Å². The maximum atomic E-state index is 12.7. The number of amides is 1. The van der Waals surface area contributed by atoms with E-state index in [0.29, 0.717) is 41.4 Å². The van der Waals surface area contributed by atoms with E-state index in [1.807, 2.05) is 49.4 Å². The summed E-state index contributed by atoms with van der Waals surface area (Å²) in [5.41, 5.74) is 3.23. The molecule has 1 atom stereocenters. The SMILES string of the molecule is Cc1cccc(-c2noc(CN3CCCC(C(=O)NCCSCc4ccc(Cl)c(Cl)c4)C3)n2)c1. The van der Waals surface area contributed by atoms with Crippen LogP contribution in [0.25, 0.3) is 11.4 Å². The van der Waals surface area contributed by atoms with E-state index in [2.05, 4.69) is 20.4 Å². The summed E-state index contributed by atoms with van der Waals surface area (Å²) in [4.78, 5) is 19.5. The number of likely N-dealkylation sites (tertiary alicyclic amines) is 1. The Balaban J connectivity index is 1.19. The van der Waals surface area contributed by atoms with E-state index in [0.717, 1.165) is 47.6 Å². The van der Waals surface area contributed by atoms with Crippen LogP contribution in [0, 0.1) is 12.8 Å². The van der Waals surface area contributed by atoms with Gasteiger partial charge in [0, 0.05) is 30.2 Å². The van der Waals surface area contributed by atoms with Gasteiger partial charge in [-0.3, -0.25) is 9.69 Å². The molecule has 0 spiro atoms. The molecule has 0 saturated carbocycles. The minimum atomic E-state index is -0.0204. The van der Waals surface area contributed by atoms with E-state index in [4.69, 9.17) is 27.7 Å². The van der Waals surface area contributed by atoms with E-state index < -0.39 is 0 Å². The number of carbonyl (C=O) groups is 1. The van der Waals surface area contributed by atoms with Gasteiger partial charge in [0.25, 0.3) is 0 Å². The molecule has 1 aromatic heterocycles. The normalized spacial score (nSPS) is 16.5. The highest BCUT2D eigenvalue weighted by Crippen LogP contribution is 2.25. The van der Waals surface area contributed by atoms with Crippen LogP contribution < -0.4 is 5.32 Å². The number of nitrogens with one attached hydrogen (secondary N) is 1. The number of piperidine rings is 1. The van der Waals surface area contributed by atoms with Crippen LogP contribution in [-0.4, -0.2) is 46.3 Å². The zero-order valence-corrected chi connectivity index (χ0v) is 21.4. The maximum absolute atomic E-state index is 12.7. The average molecular weight is 519 g/mol. The molecule has 2 heterocycles. The van der Waals surface area contributed by atoms with Gasteiger partial charge < -0.3 is 9.84 Å². The topological polar surface area (TPSA) is 71.3 Å². The van der Waals surface area contributed by atoms with Crippen LogP contribution in [0.15, 0.2) is 47.0 Å². The van der Waals surface area contributed by atoms with Crippen molar-refractivity contribution in [2.45, 2.75) is 32.1 Å². The Labute approximate surface area is 214 Å². The quantitative estimate of drug-likeness (QED) is 0.371. The van der Waals surface area contributed by atoms with Gasteiger partial charge >= 0.3 is 0 Å². The zero-order valence-electron chi connectivity index (χ0n) is 19.1. The predicted molar refractivity (Wildman–Crippen MR) is 138 cm³/mol. The molecule has 1 amide bonds. The highest BCUT2D eigenvalue weighted by molar-refractivity contribution is 7.98. The Bertz CT molecular complexity index is 1120. The van der Waals surface area contributed by atoms with Gasteiger partial charge in [0.15, 0.2) is 0 Å². The first-order valence-corrected chi connectivity index (χ1v) is 13.3. The minimum absolute atomic E-state index is 0.0204. The molecule has 0 aliphatic carbocycles. The monoisotopic (exact) mass is 518 g/mol. The molecule has 1 saturated heterocycles. The molecular formula is C25H28Cl2N4O2S. The molecule has 0 bridgehead atoms. The summed E-state index contributed by atoms with van der Waals surface area (Å²) in [5, 5.41) is 8.35. The minimum Gasteiger partial charge on any atom is -0.355 e. The summed E-state index contributed by atoms with van der Waals surface area (Å²) in [6.07, 6.45) is 1.88. The van der Waals surface area contributed by atoms with Gasteiger partial charge in [0.05, 0.1) is 22.5 Å². The molecule has 6 nitrogen and oxygen atoms in total. The molecule has 4 rings (SSSR count). The summed E-state index contributed by atoms with van der Waals surface area (Å²) in [6, 6.07) is 13.7. The largest absolute Gasteiger partial charge is 0.355 e. The summed E-state index contributed by atoms with van der Waals surface area (Å²) in [6.45, 7) is 4.86. The number of aromatic nitrogens is 2. The third-order valence-corrected chi connectivity index (χ3v) is 7.55. The second kappa shape index (κ2) is 12.1. The van der Waals surface area contributed by atoms with Crippen molar-refractivity contribution in [3.8, 4) is 11.4 Å². The molecule has 1 aliphatic rings. The number of aryl methyl sites for hydroxylation is 1. The van der Waals surface area contributed by atoms with Crippen molar-refractivity contribution in [2.75, 3.05) is 25.4 Å². The van der Waals surface area contributed by atoms with Crippen molar-refractivity contribution < 1.29 is 9.32 Å². The van der Waals surface area contributed by atoms with E-state index in [9.17, 15) is 4.79 Å². The number of halogens is 2. The third-order valence-electron chi connectivity index (χ3n) is 5.78. The fourth-order valence-electron chi connectivity index (χ4n) is 4.04. The van der Waals surface area contributed by atoms with Crippen LogP contribution in [-0.2, 0) is 17.1 Å². The standard InChI is InChI=1S/C25H28Cl2N4O2S/c1-17-4-2-5-19(12-17)24-29-23(33-30-24)15-31-10-3-6-20(14-31)25(32)28-9-11-34-16-18-7-8-21(26)22(27)13-18/h2,4-5,7-8,12-13,20H,3,6,9-11,14-16H2,1H3,(H,28,32). The second-order valence-electron chi connectivity index (χ2n) is 8.55. The number of rotatable bonds is 9. The van der Waals surface area contributed by atoms with Gasteiger partial charge in [-0.2, -0.15) is 16.7 Å².